The van der Waals surface area contributed by atoms with Gasteiger partial charge in [-0.05, 0) is 59.2 Å². The van der Waals surface area contributed by atoms with Crippen LogP contribution in [0.25, 0.3) is 0 Å². The molecule has 2 rings (SSSR count). The molecule has 19 heavy (non-hydrogen) atoms. The summed E-state index contributed by atoms with van der Waals surface area (Å²) in [6.07, 6.45) is 5.57. The first-order valence-electron chi connectivity index (χ1n) is 7.30. The summed E-state index contributed by atoms with van der Waals surface area (Å²) in [5.41, 5.74) is 1.35. The van der Waals surface area contributed by atoms with Crippen LogP contribution in [0.2, 0.25) is 0 Å². The van der Waals surface area contributed by atoms with Gasteiger partial charge >= 0.3 is 0 Å². The SMILES string of the molecule is CCCNC(c1c(Br)cnn1CCC)C1CCSC1. The lowest BCUT2D eigenvalue weighted by Gasteiger charge is -2.26. The summed E-state index contributed by atoms with van der Waals surface area (Å²) in [6, 6.07) is 0.443. The van der Waals surface area contributed by atoms with Crippen LogP contribution in [-0.4, -0.2) is 27.8 Å². The molecule has 1 aliphatic heterocycles. The van der Waals surface area contributed by atoms with Gasteiger partial charge in [0.15, 0.2) is 0 Å². The van der Waals surface area contributed by atoms with Crippen LogP contribution in [0, 0.1) is 5.92 Å². The zero-order chi connectivity index (χ0) is 13.7. The van der Waals surface area contributed by atoms with Gasteiger partial charge in [-0.15, -0.1) is 0 Å². The fourth-order valence-corrected chi connectivity index (χ4v) is 4.51. The third-order valence-electron chi connectivity index (χ3n) is 3.61. The molecule has 1 aromatic heterocycles. The maximum Gasteiger partial charge on any atom is 0.0698 e. The maximum atomic E-state index is 4.53. The number of rotatable bonds is 7. The van der Waals surface area contributed by atoms with Crippen LogP contribution < -0.4 is 5.32 Å². The normalized spacial score (nSPS) is 20.9. The number of halogens is 1. The molecule has 0 spiro atoms. The molecule has 2 heterocycles. The maximum absolute atomic E-state index is 4.53. The Morgan fingerprint density at radius 2 is 2.37 bits per heavy atom. The van der Waals surface area contributed by atoms with Crippen LogP contribution in [0.15, 0.2) is 10.7 Å². The Morgan fingerprint density at radius 1 is 1.53 bits per heavy atom. The molecule has 108 valence electrons. The number of nitrogens with one attached hydrogen (secondary N) is 1. The molecule has 5 heteroatoms. The van der Waals surface area contributed by atoms with Gasteiger partial charge in [-0.25, -0.2) is 0 Å². The van der Waals surface area contributed by atoms with Crippen LogP contribution in [-0.2, 0) is 6.54 Å². The molecule has 1 aromatic rings. The monoisotopic (exact) mass is 345 g/mol. The molecule has 2 atom stereocenters. The first kappa shape index (κ1) is 15.4. The van der Waals surface area contributed by atoms with Crippen molar-refractivity contribution >= 4 is 27.7 Å². The Kier molecular flexibility index (Phi) is 6.23. The van der Waals surface area contributed by atoms with Crippen LogP contribution in [0.4, 0.5) is 0 Å². The molecule has 1 saturated heterocycles. The highest BCUT2D eigenvalue weighted by Crippen LogP contribution is 2.37. The summed E-state index contributed by atoms with van der Waals surface area (Å²) in [5, 5.41) is 8.28. The molecule has 1 aliphatic rings. The van der Waals surface area contributed by atoms with Crippen molar-refractivity contribution in [2.24, 2.45) is 5.92 Å². The lowest BCUT2D eigenvalue weighted by molar-refractivity contribution is 0.365. The van der Waals surface area contributed by atoms with E-state index < -0.39 is 0 Å². The summed E-state index contributed by atoms with van der Waals surface area (Å²) in [6.45, 7) is 6.52. The second-order valence-electron chi connectivity index (χ2n) is 5.16. The van der Waals surface area contributed by atoms with Gasteiger partial charge < -0.3 is 5.32 Å². The van der Waals surface area contributed by atoms with E-state index in [0.29, 0.717) is 6.04 Å². The predicted octanol–water partition coefficient (Wildman–Crippen LogP) is 3.85. The average Bonchev–Trinajstić information content (AvgIpc) is 3.03. The van der Waals surface area contributed by atoms with E-state index in [1.165, 1.54) is 30.0 Å². The molecular weight excluding hydrogens is 322 g/mol. The second-order valence-corrected chi connectivity index (χ2v) is 7.16. The van der Waals surface area contributed by atoms with E-state index >= 15 is 0 Å². The van der Waals surface area contributed by atoms with E-state index in [4.69, 9.17) is 0 Å². The third-order valence-corrected chi connectivity index (χ3v) is 5.41. The number of nitrogens with zero attached hydrogens (tertiary/aromatic N) is 2. The highest BCUT2D eigenvalue weighted by atomic mass is 79.9. The fraction of sp³-hybridized carbons (Fsp3) is 0.786. The van der Waals surface area contributed by atoms with Crippen LogP contribution >= 0.6 is 27.7 Å². The fourth-order valence-electron chi connectivity index (χ4n) is 2.67. The Morgan fingerprint density at radius 3 is 3.00 bits per heavy atom. The van der Waals surface area contributed by atoms with Crippen molar-refractivity contribution in [1.29, 1.82) is 0 Å². The molecule has 0 saturated carbocycles. The highest BCUT2D eigenvalue weighted by molar-refractivity contribution is 9.10. The van der Waals surface area contributed by atoms with E-state index in [0.717, 1.165) is 29.9 Å². The van der Waals surface area contributed by atoms with Crippen LogP contribution in [0.1, 0.15) is 44.8 Å². The molecule has 0 amide bonds. The van der Waals surface area contributed by atoms with Gasteiger partial charge in [-0.2, -0.15) is 16.9 Å². The van der Waals surface area contributed by atoms with Crippen LogP contribution in [0.5, 0.6) is 0 Å². The van der Waals surface area contributed by atoms with Gasteiger partial charge in [0.2, 0.25) is 0 Å². The van der Waals surface area contributed by atoms with Gasteiger partial charge in [0.05, 0.1) is 22.4 Å². The quantitative estimate of drug-likeness (QED) is 0.813. The minimum absolute atomic E-state index is 0.443. The lowest BCUT2D eigenvalue weighted by atomic mass is 9.96. The molecule has 0 bridgehead atoms. The summed E-state index contributed by atoms with van der Waals surface area (Å²) in [5.74, 6) is 3.31. The second kappa shape index (κ2) is 7.70. The lowest BCUT2D eigenvalue weighted by Crippen LogP contribution is -2.31. The number of aryl methyl sites for hydroxylation is 1. The number of thioether (sulfide) groups is 1. The van der Waals surface area contributed by atoms with Crippen molar-refractivity contribution < 1.29 is 0 Å². The van der Waals surface area contributed by atoms with Gasteiger partial charge in [-0.3, -0.25) is 4.68 Å². The first-order valence-corrected chi connectivity index (χ1v) is 9.25. The zero-order valence-electron chi connectivity index (χ0n) is 11.9. The molecule has 0 aliphatic carbocycles. The van der Waals surface area contributed by atoms with Crippen molar-refractivity contribution in [3.8, 4) is 0 Å². The minimum Gasteiger partial charge on any atom is -0.308 e. The van der Waals surface area contributed by atoms with Gasteiger partial charge in [-0.1, -0.05) is 13.8 Å². The Balaban J connectivity index is 2.22. The van der Waals surface area contributed by atoms with Gasteiger partial charge in [0.1, 0.15) is 0 Å². The summed E-state index contributed by atoms with van der Waals surface area (Å²) >= 11 is 5.78. The van der Waals surface area contributed by atoms with Crippen molar-refractivity contribution in [3.05, 3.63) is 16.4 Å². The van der Waals surface area contributed by atoms with Crippen molar-refractivity contribution in [2.45, 2.75) is 45.7 Å². The smallest absolute Gasteiger partial charge is 0.0698 e. The largest absolute Gasteiger partial charge is 0.308 e. The van der Waals surface area contributed by atoms with E-state index in [9.17, 15) is 0 Å². The number of hydrogen-bond donors (Lipinski definition) is 1. The standard InChI is InChI=1S/C14H24BrN3S/c1-3-6-16-13(11-5-8-19-10-11)14-12(15)9-17-18(14)7-4-2/h9,11,13,16H,3-8,10H2,1-2H3. The summed E-state index contributed by atoms with van der Waals surface area (Å²) < 4.78 is 3.34. The van der Waals surface area contributed by atoms with Gasteiger partial charge in [0.25, 0.3) is 0 Å². The first-order chi connectivity index (χ1) is 9.27. The topological polar surface area (TPSA) is 29.9 Å². The molecule has 0 aromatic carbocycles. The molecule has 0 radical (unpaired) electrons. The van der Waals surface area contributed by atoms with E-state index in [1.54, 1.807) is 0 Å². The summed E-state index contributed by atoms with van der Waals surface area (Å²) in [4.78, 5) is 0. The van der Waals surface area contributed by atoms with Crippen molar-refractivity contribution in [1.82, 2.24) is 15.1 Å². The van der Waals surface area contributed by atoms with E-state index in [1.807, 2.05) is 6.20 Å². The van der Waals surface area contributed by atoms with E-state index in [-0.39, 0.29) is 0 Å². The summed E-state index contributed by atoms with van der Waals surface area (Å²) in [7, 11) is 0. The molecule has 1 N–H and O–H groups in total. The molecule has 3 nitrogen and oxygen atoms in total. The molecule has 1 fully saturated rings. The van der Waals surface area contributed by atoms with Crippen LogP contribution in [0.3, 0.4) is 0 Å². The molecule has 2 unspecified atom stereocenters. The average molecular weight is 346 g/mol. The zero-order valence-corrected chi connectivity index (χ0v) is 14.3. The third kappa shape index (κ3) is 3.76. The van der Waals surface area contributed by atoms with Gasteiger partial charge in [0, 0.05) is 6.54 Å². The minimum atomic E-state index is 0.443. The van der Waals surface area contributed by atoms with E-state index in [2.05, 4.69) is 56.6 Å². The number of aromatic nitrogens is 2. The number of hydrogen-bond acceptors (Lipinski definition) is 3. The van der Waals surface area contributed by atoms with Crippen molar-refractivity contribution in [3.63, 3.8) is 0 Å². The molecular formula is C14H24BrN3S. The predicted molar refractivity (Wildman–Crippen MR) is 86.7 cm³/mol. The Bertz CT molecular complexity index is 388. The Hall–Kier alpha value is -0.000000000000000111. The Labute approximate surface area is 129 Å². The van der Waals surface area contributed by atoms with Crippen molar-refractivity contribution in [2.75, 3.05) is 18.1 Å². The highest BCUT2D eigenvalue weighted by Gasteiger charge is 2.30.